The van der Waals surface area contributed by atoms with Gasteiger partial charge in [-0.05, 0) is 31.5 Å². The van der Waals surface area contributed by atoms with Gasteiger partial charge in [0.15, 0.2) is 5.96 Å². The van der Waals surface area contributed by atoms with Crippen LogP contribution in [-0.4, -0.2) is 67.1 Å². The molecule has 0 atom stereocenters. The van der Waals surface area contributed by atoms with Crippen LogP contribution in [0.2, 0.25) is 0 Å². The average molecular weight is 330 g/mol. The predicted molar refractivity (Wildman–Crippen MR) is 99.3 cm³/mol. The number of pyridine rings is 1. The molecule has 0 bridgehead atoms. The second-order valence-corrected chi connectivity index (χ2v) is 6.89. The van der Waals surface area contributed by atoms with E-state index in [9.17, 15) is 0 Å². The molecule has 132 valence electrons. The summed E-state index contributed by atoms with van der Waals surface area (Å²) in [5.41, 5.74) is 7.28. The number of rotatable bonds is 3. The van der Waals surface area contributed by atoms with Crippen LogP contribution in [0.1, 0.15) is 31.2 Å². The van der Waals surface area contributed by atoms with E-state index in [0.29, 0.717) is 12.5 Å². The van der Waals surface area contributed by atoms with E-state index in [4.69, 9.17) is 5.73 Å². The third kappa shape index (κ3) is 4.60. The van der Waals surface area contributed by atoms with Gasteiger partial charge < -0.3 is 20.4 Å². The molecule has 0 aromatic carbocycles. The molecule has 0 aliphatic carbocycles. The van der Waals surface area contributed by atoms with E-state index in [-0.39, 0.29) is 0 Å². The van der Waals surface area contributed by atoms with Crippen molar-refractivity contribution in [3.05, 3.63) is 23.9 Å². The van der Waals surface area contributed by atoms with E-state index in [2.05, 4.69) is 43.9 Å². The van der Waals surface area contributed by atoms with Crippen LogP contribution in [-0.2, 0) is 6.54 Å². The molecule has 1 aromatic heterocycles. The number of aromatic nitrogens is 1. The molecule has 0 radical (unpaired) electrons. The second kappa shape index (κ2) is 8.33. The maximum Gasteiger partial charge on any atom is 0.191 e. The largest absolute Gasteiger partial charge is 0.370 e. The minimum Gasteiger partial charge on any atom is -0.370 e. The number of nitrogens with two attached hydrogens (primary N) is 1. The number of hydrogen-bond donors (Lipinski definition) is 1. The van der Waals surface area contributed by atoms with Crippen molar-refractivity contribution in [2.45, 2.75) is 32.2 Å². The van der Waals surface area contributed by atoms with Crippen LogP contribution in [0.3, 0.4) is 0 Å². The van der Waals surface area contributed by atoms with Crippen molar-refractivity contribution in [3.63, 3.8) is 0 Å². The van der Waals surface area contributed by atoms with E-state index in [0.717, 1.165) is 50.6 Å². The lowest BCUT2D eigenvalue weighted by Gasteiger charge is -2.33. The SMILES string of the molecule is CN1CCN(c2ccc(CN=C(N)N3CCCCCC3)cn2)CC1. The van der Waals surface area contributed by atoms with Crippen LogP contribution in [0.15, 0.2) is 23.3 Å². The standard InChI is InChI=1S/C18H30N6/c1-22-10-12-23(13-11-22)17-7-6-16(14-20-17)15-21-18(19)24-8-4-2-3-5-9-24/h6-7,14H,2-5,8-13,15H2,1H3,(H2,19,21). The highest BCUT2D eigenvalue weighted by Gasteiger charge is 2.15. The number of guanidine groups is 1. The summed E-state index contributed by atoms with van der Waals surface area (Å²) in [5.74, 6) is 1.75. The molecular weight excluding hydrogens is 300 g/mol. The first-order chi connectivity index (χ1) is 11.7. The van der Waals surface area contributed by atoms with E-state index in [1.165, 1.54) is 25.7 Å². The zero-order chi connectivity index (χ0) is 16.8. The Balaban J connectivity index is 1.54. The van der Waals surface area contributed by atoms with Crippen LogP contribution < -0.4 is 10.6 Å². The summed E-state index contributed by atoms with van der Waals surface area (Å²) in [7, 11) is 2.17. The van der Waals surface area contributed by atoms with Gasteiger partial charge in [0.2, 0.25) is 0 Å². The number of piperazine rings is 1. The van der Waals surface area contributed by atoms with Gasteiger partial charge in [-0.1, -0.05) is 18.9 Å². The summed E-state index contributed by atoms with van der Waals surface area (Å²) in [6.45, 7) is 6.97. The minimum atomic E-state index is 0.609. The lowest BCUT2D eigenvalue weighted by Crippen LogP contribution is -2.44. The molecule has 2 fully saturated rings. The summed E-state index contributed by atoms with van der Waals surface area (Å²) in [6, 6.07) is 4.23. The Labute approximate surface area is 145 Å². The number of likely N-dealkylation sites (tertiary alicyclic amines) is 1. The topological polar surface area (TPSA) is 61.0 Å². The van der Waals surface area contributed by atoms with Crippen LogP contribution in [0, 0.1) is 0 Å². The minimum absolute atomic E-state index is 0.609. The highest BCUT2D eigenvalue weighted by molar-refractivity contribution is 5.78. The molecule has 24 heavy (non-hydrogen) atoms. The Morgan fingerprint density at radius 2 is 1.75 bits per heavy atom. The average Bonchev–Trinajstić information content (AvgIpc) is 2.90. The lowest BCUT2D eigenvalue weighted by molar-refractivity contribution is 0.312. The molecule has 2 N–H and O–H groups in total. The summed E-state index contributed by atoms with van der Waals surface area (Å²) < 4.78 is 0. The molecule has 0 spiro atoms. The Bertz CT molecular complexity index is 525. The fraction of sp³-hybridized carbons (Fsp3) is 0.667. The van der Waals surface area contributed by atoms with Crippen molar-refractivity contribution in [3.8, 4) is 0 Å². The van der Waals surface area contributed by atoms with Gasteiger partial charge in [-0.15, -0.1) is 0 Å². The molecule has 3 rings (SSSR count). The van der Waals surface area contributed by atoms with E-state index in [1.54, 1.807) is 0 Å². The molecule has 2 aliphatic rings. The zero-order valence-corrected chi connectivity index (χ0v) is 14.8. The summed E-state index contributed by atoms with van der Waals surface area (Å²) >= 11 is 0. The van der Waals surface area contributed by atoms with Gasteiger partial charge in [0.25, 0.3) is 0 Å². The molecule has 0 amide bonds. The van der Waals surface area contributed by atoms with Gasteiger partial charge in [-0.2, -0.15) is 0 Å². The van der Waals surface area contributed by atoms with Gasteiger partial charge in [0.05, 0.1) is 6.54 Å². The zero-order valence-electron chi connectivity index (χ0n) is 14.8. The molecule has 6 nitrogen and oxygen atoms in total. The van der Waals surface area contributed by atoms with E-state index >= 15 is 0 Å². The van der Waals surface area contributed by atoms with Gasteiger partial charge in [0, 0.05) is 45.5 Å². The molecule has 0 saturated carbocycles. The highest BCUT2D eigenvalue weighted by Crippen LogP contribution is 2.14. The molecule has 0 unspecified atom stereocenters. The predicted octanol–water partition coefficient (Wildman–Crippen LogP) is 1.52. The van der Waals surface area contributed by atoms with Crippen molar-refractivity contribution in [2.75, 3.05) is 51.2 Å². The monoisotopic (exact) mass is 330 g/mol. The quantitative estimate of drug-likeness (QED) is 0.673. The lowest BCUT2D eigenvalue weighted by atomic mass is 10.2. The maximum absolute atomic E-state index is 6.17. The molecule has 3 heterocycles. The van der Waals surface area contributed by atoms with Crippen LogP contribution >= 0.6 is 0 Å². The van der Waals surface area contributed by atoms with Crippen LogP contribution in [0.5, 0.6) is 0 Å². The fourth-order valence-corrected chi connectivity index (χ4v) is 3.30. The summed E-state index contributed by atoms with van der Waals surface area (Å²) in [6.07, 6.45) is 6.99. The first-order valence-electron chi connectivity index (χ1n) is 9.16. The number of aliphatic imine (C=N–C) groups is 1. The first kappa shape index (κ1) is 17.0. The number of nitrogens with zero attached hydrogens (tertiary/aromatic N) is 5. The number of hydrogen-bond acceptors (Lipinski definition) is 4. The molecule has 6 heteroatoms. The Kier molecular flexibility index (Phi) is 5.91. The van der Waals surface area contributed by atoms with Crippen LogP contribution in [0.25, 0.3) is 0 Å². The third-order valence-corrected chi connectivity index (χ3v) is 4.99. The smallest absolute Gasteiger partial charge is 0.191 e. The summed E-state index contributed by atoms with van der Waals surface area (Å²) in [4.78, 5) is 16.1. The Morgan fingerprint density at radius 1 is 1.04 bits per heavy atom. The number of anilines is 1. The Morgan fingerprint density at radius 3 is 2.38 bits per heavy atom. The van der Waals surface area contributed by atoms with Crippen LogP contribution in [0.4, 0.5) is 5.82 Å². The summed E-state index contributed by atoms with van der Waals surface area (Å²) in [5, 5.41) is 0. The highest BCUT2D eigenvalue weighted by atomic mass is 15.3. The molecule has 2 saturated heterocycles. The maximum atomic E-state index is 6.17. The van der Waals surface area contributed by atoms with Gasteiger partial charge in [-0.25, -0.2) is 9.98 Å². The van der Waals surface area contributed by atoms with Crippen molar-refractivity contribution in [1.82, 2.24) is 14.8 Å². The first-order valence-corrected chi connectivity index (χ1v) is 9.16. The normalized spacial score (nSPS) is 21.0. The van der Waals surface area contributed by atoms with Crippen molar-refractivity contribution in [2.24, 2.45) is 10.7 Å². The van der Waals surface area contributed by atoms with Crippen molar-refractivity contribution >= 4 is 11.8 Å². The molecular formula is C18H30N6. The van der Waals surface area contributed by atoms with Crippen molar-refractivity contribution < 1.29 is 0 Å². The van der Waals surface area contributed by atoms with E-state index < -0.39 is 0 Å². The van der Waals surface area contributed by atoms with Gasteiger partial charge >= 0.3 is 0 Å². The van der Waals surface area contributed by atoms with Crippen molar-refractivity contribution in [1.29, 1.82) is 0 Å². The van der Waals surface area contributed by atoms with Gasteiger partial charge in [0.1, 0.15) is 5.82 Å². The fourth-order valence-electron chi connectivity index (χ4n) is 3.30. The third-order valence-electron chi connectivity index (χ3n) is 4.99. The molecule has 1 aromatic rings. The molecule has 2 aliphatic heterocycles. The number of likely N-dealkylation sites (N-methyl/N-ethyl adjacent to an activating group) is 1. The van der Waals surface area contributed by atoms with E-state index in [1.807, 2.05) is 6.20 Å². The Hall–Kier alpha value is -1.82. The second-order valence-electron chi connectivity index (χ2n) is 6.89. The van der Waals surface area contributed by atoms with Gasteiger partial charge in [-0.3, -0.25) is 0 Å².